The van der Waals surface area contributed by atoms with E-state index in [9.17, 15) is 4.79 Å². The second-order valence-corrected chi connectivity index (χ2v) is 7.49. The predicted octanol–water partition coefficient (Wildman–Crippen LogP) is 2.51. The third-order valence-electron chi connectivity index (χ3n) is 5.37. The van der Waals surface area contributed by atoms with Crippen LogP contribution < -0.4 is 4.74 Å². The molecule has 2 saturated heterocycles. The number of methoxy groups -OCH3 is 1. The van der Waals surface area contributed by atoms with E-state index in [0.29, 0.717) is 17.9 Å². The molecule has 25 heavy (non-hydrogen) atoms. The van der Waals surface area contributed by atoms with Gasteiger partial charge in [0, 0.05) is 17.8 Å². The summed E-state index contributed by atoms with van der Waals surface area (Å²) in [5.41, 5.74) is 1.24. The first-order valence-corrected chi connectivity index (χ1v) is 8.67. The van der Waals surface area contributed by atoms with Crippen LogP contribution in [0.15, 0.2) is 12.4 Å². The monoisotopic (exact) mass is 345 g/mol. The molecule has 0 spiro atoms. The van der Waals surface area contributed by atoms with Crippen LogP contribution >= 0.6 is 0 Å². The summed E-state index contributed by atoms with van der Waals surface area (Å²) in [6, 6.07) is 0. The average molecular weight is 345 g/mol. The van der Waals surface area contributed by atoms with Crippen molar-refractivity contribution in [3.05, 3.63) is 23.7 Å². The maximum absolute atomic E-state index is 12.1. The second kappa shape index (κ2) is 5.42. The summed E-state index contributed by atoms with van der Waals surface area (Å²) in [6.07, 6.45) is 6.34. The molecule has 0 amide bonds. The van der Waals surface area contributed by atoms with E-state index in [1.807, 2.05) is 20.0 Å². The van der Waals surface area contributed by atoms with E-state index in [2.05, 4.69) is 11.9 Å². The molecule has 2 bridgehead atoms. The summed E-state index contributed by atoms with van der Waals surface area (Å²) in [6.45, 7) is 6.78. The fourth-order valence-electron chi connectivity index (χ4n) is 3.93. The van der Waals surface area contributed by atoms with E-state index < -0.39 is 5.97 Å². The molecule has 2 aromatic heterocycles. The molecule has 1 saturated carbocycles. The molecule has 4 heterocycles. The molecule has 1 aliphatic carbocycles. The number of ether oxygens (including phenoxy) is 3. The molecule has 0 radical (unpaired) electrons. The zero-order valence-corrected chi connectivity index (χ0v) is 15.0. The lowest BCUT2D eigenvalue weighted by molar-refractivity contribution is 0.0154. The summed E-state index contributed by atoms with van der Waals surface area (Å²) in [7, 11) is 1.35. The first kappa shape index (κ1) is 16.3. The number of hydrogen-bond donors (Lipinski definition) is 0. The lowest BCUT2D eigenvalue weighted by atomic mass is 9.62. The fourth-order valence-corrected chi connectivity index (χ4v) is 3.93. The van der Waals surface area contributed by atoms with Gasteiger partial charge in [0.25, 0.3) is 0 Å². The van der Waals surface area contributed by atoms with Crippen LogP contribution in [-0.2, 0) is 14.9 Å². The van der Waals surface area contributed by atoms with Gasteiger partial charge in [-0.3, -0.25) is 4.40 Å². The highest BCUT2D eigenvalue weighted by atomic mass is 16.5. The molecule has 2 aromatic rings. The number of fused-ring (bicyclic) bond motifs is 2. The van der Waals surface area contributed by atoms with Gasteiger partial charge < -0.3 is 14.2 Å². The van der Waals surface area contributed by atoms with E-state index in [0.717, 1.165) is 25.0 Å². The standard InChI is InChI=1S/C18H23N3O4/c1-5-11(2)25-14-12(15(22)23-4)6-21-7-13(19-16(21)20-14)18-8-17(3,9-18)24-10-18/h6-7,11H,5,8-10H2,1-4H3/t11-,17?,18?/m1/s1. The van der Waals surface area contributed by atoms with Crippen molar-refractivity contribution in [2.75, 3.05) is 13.7 Å². The topological polar surface area (TPSA) is 75.0 Å². The number of aromatic nitrogens is 3. The van der Waals surface area contributed by atoms with Crippen LogP contribution in [0.1, 0.15) is 56.1 Å². The molecule has 0 N–H and O–H groups in total. The Balaban J connectivity index is 1.76. The van der Waals surface area contributed by atoms with Gasteiger partial charge in [0.15, 0.2) is 0 Å². The minimum Gasteiger partial charge on any atom is -0.474 e. The van der Waals surface area contributed by atoms with Gasteiger partial charge >= 0.3 is 5.97 Å². The van der Waals surface area contributed by atoms with Crippen LogP contribution in [0.2, 0.25) is 0 Å². The number of esters is 1. The van der Waals surface area contributed by atoms with E-state index in [4.69, 9.17) is 19.2 Å². The van der Waals surface area contributed by atoms with Crippen molar-refractivity contribution in [1.29, 1.82) is 0 Å². The lowest BCUT2D eigenvalue weighted by Crippen LogP contribution is -2.45. The maximum Gasteiger partial charge on any atom is 0.344 e. The van der Waals surface area contributed by atoms with Gasteiger partial charge in [0.2, 0.25) is 11.7 Å². The van der Waals surface area contributed by atoms with Crippen LogP contribution in [0, 0.1) is 0 Å². The molecule has 0 unspecified atom stereocenters. The van der Waals surface area contributed by atoms with Crippen molar-refractivity contribution in [3.63, 3.8) is 0 Å². The first-order valence-electron chi connectivity index (χ1n) is 8.67. The molecular formula is C18H23N3O4. The van der Waals surface area contributed by atoms with Crippen molar-refractivity contribution < 1.29 is 19.0 Å². The molecule has 3 fully saturated rings. The Kier molecular flexibility index (Phi) is 3.54. The highest BCUT2D eigenvalue weighted by molar-refractivity contribution is 5.91. The Morgan fingerprint density at radius 1 is 1.40 bits per heavy atom. The Morgan fingerprint density at radius 3 is 2.76 bits per heavy atom. The Labute approximate surface area is 146 Å². The Bertz CT molecular complexity index is 838. The number of carbonyl (C=O) groups is 1. The Hall–Kier alpha value is -2.15. The molecule has 5 rings (SSSR count). The van der Waals surface area contributed by atoms with Gasteiger partial charge in [-0.1, -0.05) is 6.92 Å². The van der Waals surface area contributed by atoms with Crippen LogP contribution in [0.25, 0.3) is 5.78 Å². The van der Waals surface area contributed by atoms with Gasteiger partial charge in [-0.05, 0) is 33.1 Å². The van der Waals surface area contributed by atoms with Crippen molar-refractivity contribution in [1.82, 2.24) is 14.4 Å². The zero-order chi connectivity index (χ0) is 17.8. The van der Waals surface area contributed by atoms with Gasteiger partial charge in [-0.15, -0.1) is 0 Å². The molecule has 7 heteroatoms. The maximum atomic E-state index is 12.1. The van der Waals surface area contributed by atoms with Gasteiger partial charge in [-0.25, -0.2) is 9.78 Å². The van der Waals surface area contributed by atoms with E-state index in [1.54, 1.807) is 10.6 Å². The van der Waals surface area contributed by atoms with Crippen LogP contribution in [0.4, 0.5) is 0 Å². The molecular weight excluding hydrogens is 322 g/mol. The van der Waals surface area contributed by atoms with E-state index in [-0.39, 0.29) is 23.0 Å². The van der Waals surface area contributed by atoms with Crippen molar-refractivity contribution >= 4 is 11.7 Å². The first-order chi connectivity index (χ1) is 11.9. The average Bonchev–Trinajstić information content (AvgIpc) is 3.23. The third kappa shape index (κ3) is 2.49. The highest BCUT2D eigenvalue weighted by Gasteiger charge is 2.61. The quantitative estimate of drug-likeness (QED) is 0.775. The van der Waals surface area contributed by atoms with Gasteiger partial charge in [-0.2, -0.15) is 4.98 Å². The number of carbonyl (C=O) groups excluding carboxylic acids is 1. The third-order valence-corrected chi connectivity index (χ3v) is 5.37. The van der Waals surface area contributed by atoms with Crippen molar-refractivity contribution in [2.24, 2.45) is 0 Å². The summed E-state index contributed by atoms with van der Waals surface area (Å²) in [5.74, 6) is 0.321. The molecule has 134 valence electrons. The zero-order valence-electron chi connectivity index (χ0n) is 15.0. The smallest absolute Gasteiger partial charge is 0.344 e. The number of hydrogen-bond acceptors (Lipinski definition) is 6. The van der Waals surface area contributed by atoms with Gasteiger partial charge in [0.1, 0.15) is 5.56 Å². The number of nitrogens with zero attached hydrogens (tertiary/aromatic N) is 3. The van der Waals surface area contributed by atoms with Gasteiger partial charge in [0.05, 0.1) is 31.1 Å². The molecule has 1 atom stereocenters. The van der Waals surface area contributed by atoms with Crippen molar-refractivity contribution in [2.45, 2.75) is 57.2 Å². The van der Waals surface area contributed by atoms with Crippen LogP contribution in [-0.4, -0.2) is 45.8 Å². The van der Waals surface area contributed by atoms with Crippen LogP contribution in [0.3, 0.4) is 0 Å². The fraction of sp³-hybridized carbons (Fsp3) is 0.611. The number of imidazole rings is 1. The lowest BCUT2D eigenvalue weighted by Gasteiger charge is -2.41. The van der Waals surface area contributed by atoms with E-state index >= 15 is 0 Å². The SMILES string of the molecule is CC[C@@H](C)Oc1nc2nc(C34COC(C)(C3)C4)cn2cc1C(=O)OC. The minimum atomic E-state index is -0.471. The largest absolute Gasteiger partial charge is 0.474 e. The summed E-state index contributed by atoms with van der Waals surface area (Å²) < 4.78 is 18.3. The van der Waals surface area contributed by atoms with E-state index in [1.165, 1.54) is 7.11 Å². The molecule has 2 aliphatic heterocycles. The molecule has 0 aromatic carbocycles. The van der Waals surface area contributed by atoms with Crippen LogP contribution in [0.5, 0.6) is 5.88 Å². The Morgan fingerprint density at radius 2 is 2.16 bits per heavy atom. The predicted molar refractivity (Wildman–Crippen MR) is 90.0 cm³/mol. The number of rotatable bonds is 5. The molecule has 3 aliphatic rings. The molecule has 7 nitrogen and oxygen atoms in total. The summed E-state index contributed by atoms with van der Waals surface area (Å²) in [4.78, 5) is 21.3. The highest BCUT2D eigenvalue weighted by Crippen LogP contribution is 2.58. The minimum absolute atomic E-state index is 0.00869. The summed E-state index contributed by atoms with van der Waals surface area (Å²) >= 11 is 0. The normalized spacial score (nSPS) is 28.6. The van der Waals surface area contributed by atoms with Crippen molar-refractivity contribution in [3.8, 4) is 5.88 Å². The second-order valence-electron chi connectivity index (χ2n) is 7.49. The summed E-state index contributed by atoms with van der Waals surface area (Å²) in [5, 5.41) is 0.